The third kappa shape index (κ3) is 4.85. The Morgan fingerprint density at radius 3 is 2.74 bits per heavy atom. The molecule has 0 saturated heterocycles. The van der Waals surface area contributed by atoms with E-state index in [1.165, 1.54) is 6.26 Å². The molecular formula is C25H22ClFN4O4. The van der Waals surface area contributed by atoms with Gasteiger partial charge in [-0.25, -0.2) is 9.07 Å². The van der Waals surface area contributed by atoms with Gasteiger partial charge in [-0.2, -0.15) is 4.98 Å². The average Bonchev–Trinajstić information content (AvgIpc) is 3.25. The number of hydrogen-bond donors (Lipinski definition) is 1. The van der Waals surface area contributed by atoms with Crippen molar-refractivity contribution < 1.29 is 23.1 Å². The average molecular weight is 497 g/mol. The van der Waals surface area contributed by atoms with Gasteiger partial charge < -0.3 is 19.2 Å². The molecule has 1 fully saturated rings. The Morgan fingerprint density at radius 2 is 2.06 bits per heavy atom. The SMILES string of the molecule is COc1ccc(CCOc2nc(-c3ccco3)n(-c3cccc(NC(=O)[C@@]4(Cl)C[C@H]4F)c3)n2)cc1. The van der Waals surface area contributed by atoms with Gasteiger partial charge in [-0.1, -0.05) is 18.2 Å². The van der Waals surface area contributed by atoms with Crippen molar-refractivity contribution in [2.75, 3.05) is 19.0 Å². The highest BCUT2D eigenvalue weighted by Crippen LogP contribution is 2.46. The van der Waals surface area contributed by atoms with Crippen LogP contribution in [0.5, 0.6) is 11.8 Å². The van der Waals surface area contributed by atoms with Crippen molar-refractivity contribution >= 4 is 23.2 Å². The van der Waals surface area contributed by atoms with Gasteiger partial charge in [-0.3, -0.25) is 4.79 Å². The zero-order chi connectivity index (χ0) is 24.4. The second kappa shape index (κ2) is 9.42. The fourth-order valence-corrected chi connectivity index (χ4v) is 3.72. The highest BCUT2D eigenvalue weighted by molar-refractivity contribution is 6.39. The van der Waals surface area contributed by atoms with Gasteiger partial charge in [0.2, 0.25) is 11.7 Å². The minimum Gasteiger partial charge on any atom is -0.497 e. The number of hydrogen-bond acceptors (Lipinski definition) is 6. The van der Waals surface area contributed by atoms with E-state index in [-0.39, 0.29) is 12.4 Å². The van der Waals surface area contributed by atoms with E-state index in [4.69, 9.17) is 25.5 Å². The summed E-state index contributed by atoms with van der Waals surface area (Å²) in [6.45, 7) is 0.367. The van der Waals surface area contributed by atoms with Crippen molar-refractivity contribution in [3.05, 3.63) is 72.5 Å². The zero-order valence-corrected chi connectivity index (χ0v) is 19.5. The van der Waals surface area contributed by atoms with Crippen LogP contribution in [0.1, 0.15) is 12.0 Å². The lowest BCUT2D eigenvalue weighted by molar-refractivity contribution is -0.116. The monoisotopic (exact) mass is 496 g/mol. The summed E-state index contributed by atoms with van der Waals surface area (Å²) in [5.41, 5.74) is 2.14. The maximum Gasteiger partial charge on any atom is 0.336 e. The fourth-order valence-electron chi connectivity index (χ4n) is 3.54. The maximum absolute atomic E-state index is 13.5. The number of rotatable bonds is 9. The number of halogens is 2. The molecule has 4 aromatic rings. The number of benzene rings is 2. The molecule has 10 heteroatoms. The number of carbonyl (C=O) groups is 1. The lowest BCUT2D eigenvalue weighted by Crippen LogP contribution is -2.27. The summed E-state index contributed by atoms with van der Waals surface area (Å²) in [6, 6.07) is 18.3. The molecule has 1 aliphatic carbocycles. The minimum atomic E-state index is -1.49. The Labute approximate surface area is 205 Å². The molecule has 1 aliphatic rings. The molecule has 8 nitrogen and oxygen atoms in total. The van der Waals surface area contributed by atoms with Crippen molar-refractivity contribution in [2.45, 2.75) is 23.9 Å². The van der Waals surface area contributed by atoms with Gasteiger partial charge in [-0.15, -0.1) is 16.7 Å². The number of nitrogens with one attached hydrogen (secondary N) is 1. The number of nitrogens with zero attached hydrogens (tertiary/aromatic N) is 3. The molecule has 1 saturated carbocycles. The molecule has 0 radical (unpaired) electrons. The third-order valence-electron chi connectivity index (χ3n) is 5.65. The first-order chi connectivity index (χ1) is 17.0. The lowest BCUT2D eigenvalue weighted by atomic mass is 10.1. The van der Waals surface area contributed by atoms with Crippen LogP contribution < -0.4 is 14.8 Å². The quantitative estimate of drug-likeness (QED) is 0.334. The van der Waals surface area contributed by atoms with E-state index in [0.717, 1.165) is 11.3 Å². The van der Waals surface area contributed by atoms with E-state index in [1.807, 2.05) is 24.3 Å². The molecule has 0 unspecified atom stereocenters. The van der Waals surface area contributed by atoms with Gasteiger partial charge in [-0.05, 0) is 48.0 Å². The number of carbonyl (C=O) groups excluding carboxylic acids is 1. The molecule has 0 aliphatic heterocycles. The number of anilines is 1. The van der Waals surface area contributed by atoms with E-state index in [1.54, 1.807) is 48.2 Å². The molecule has 0 spiro atoms. The first-order valence-corrected chi connectivity index (χ1v) is 11.4. The van der Waals surface area contributed by atoms with E-state index >= 15 is 0 Å². The minimum absolute atomic E-state index is 0.00300. The van der Waals surface area contributed by atoms with Crippen molar-refractivity contribution in [1.82, 2.24) is 14.8 Å². The molecule has 1 N–H and O–H groups in total. The first kappa shape index (κ1) is 22.9. The lowest BCUT2D eigenvalue weighted by Gasteiger charge is -2.10. The molecule has 2 aromatic carbocycles. The molecule has 2 atom stereocenters. The zero-order valence-electron chi connectivity index (χ0n) is 18.8. The molecular weight excluding hydrogens is 475 g/mol. The van der Waals surface area contributed by atoms with Crippen LogP contribution in [0.2, 0.25) is 0 Å². The van der Waals surface area contributed by atoms with E-state index in [9.17, 15) is 9.18 Å². The summed E-state index contributed by atoms with van der Waals surface area (Å²) in [4.78, 5) is 15.3. The Balaban J connectivity index is 1.35. The van der Waals surface area contributed by atoms with Crippen LogP contribution >= 0.6 is 11.6 Å². The van der Waals surface area contributed by atoms with Crippen LogP contribution in [0.3, 0.4) is 0 Å². The number of amides is 1. The number of ether oxygens (including phenoxy) is 2. The second-order valence-electron chi connectivity index (χ2n) is 8.09. The summed E-state index contributed by atoms with van der Waals surface area (Å²) in [5, 5.41) is 7.16. The normalized spacial score (nSPS) is 18.8. The Kier molecular flexibility index (Phi) is 6.17. The summed E-state index contributed by atoms with van der Waals surface area (Å²) >= 11 is 6.01. The van der Waals surface area contributed by atoms with E-state index < -0.39 is 17.0 Å². The van der Waals surface area contributed by atoms with Gasteiger partial charge in [0.25, 0.3) is 0 Å². The van der Waals surface area contributed by atoms with Crippen molar-refractivity contribution in [1.29, 1.82) is 0 Å². The summed E-state index contributed by atoms with van der Waals surface area (Å²) < 4.78 is 31.6. The highest BCUT2D eigenvalue weighted by atomic mass is 35.5. The molecule has 0 bridgehead atoms. The number of furan rings is 1. The molecule has 2 heterocycles. The van der Waals surface area contributed by atoms with Gasteiger partial charge in [0, 0.05) is 18.5 Å². The topological polar surface area (TPSA) is 91.4 Å². The van der Waals surface area contributed by atoms with Crippen molar-refractivity contribution in [3.8, 4) is 29.0 Å². The molecule has 1 amide bonds. The predicted molar refractivity (Wildman–Crippen MR) is 128 cm³/mol. The van der Waals surface area contributed by atoms with Crippen LogP contribution in [0, 0.1) is 0 Å². The van der Waals surface area contributed by atoms with Gasteiger partial charge in [0.1, 0.15) is 11.9 Å². The number of aromatic nitrogens is 3. The highest BCUT2D eigenvalue weighted by Gasteiger charge is 2.60. The van der Waals surface area contributed by atoms with Crippen LogP contribution in [0.15, 0.2) is 71.3 Å². The molecule has 35 heavy (non-hydrogen) atoms. The standard InChI is InChI=1S/C25H22ClFN4O4/c1-33-19-9-7-16(8-10-19)11-13-35-24-29-22(20-6-3-12-34-20)31(30-24)18-5-2-4-17(14-18)28-23(32)25(26)15-21(25)27/h2-10,12,14,21H,11,13,15H2,1H3,(H,28,32)/t21-,25-/m1/s1. The molecule has 2 aromatic heterocycles. The van der Waals surface area contributed by atoms with Gasteiger partial charge in [0.15, 0.2) is 10.6 Å². The Morgan fingerprint density at radius 1 is 1.26 bits per heavy atom. The third-order valence-corrected chi connectivity index (χ3v) is 6.21. The second-order valence-corrected chi connectivity index (χ2v) is 8.77. The van der Waals surface area contributed by atoms with Crippen LogP contribution in [0.25, 0.3) is 17.3 Å². The Bertz CT molecular complexity index is 1330. The number of alkyl halides is 2. The van der Waals surface area contributed by atoms with Crippen molar-refractivity contribution in [2.24, 2.45) is 0 Å². The fraction of sp³-hybridized carbons (Fsp3) is 0.240. The van der Waals surface area contributed by atoms with Crippen LogP contribution in [0.4, 0.5) is 10.1 Å². The Hall–Kier alpha value is -3.85. The summed E-state index contributed by atoms with van der Waals surface area (Å²) in [7, 11) is 1.63. The number of methoxy groups -OCH3 is 1. The van der Waals surface area contributed by atoms with Gasteiger partial charge >= 0.3 is 6.01 Å². The predicted octanol–water partition coefficient (Wildman–Crippen LogP) is 4.82. The smallest absolute Gasteiger partial charge is 0.336 e. The van der Waals surface area contributed by atoms with Crippen LogP contribution in [-0.4, -0.2) is 45.4 Å². The molecule has 5 rings (SSSR count). The molecule has 180 valence electrons. The maximum atomic E-state index is 13.5. The van der Waals surface area contributed by atoms with E-state index in [2.05, 4.69) is 15.4 Å². The van der Waals surface area contributed by atoms with E-state index in [0.29, 0.717) is 36.0 Å². The van der Waals surface area contributed by atoms with Crippen molar-refractivity contribution in [3.63, 3.8) is 0 Å². The van der Waals surface area contributed by atoms with Crippen LogP contribution in [-0.2, 0) is 11.2 Å². The largest absolute Gasteiger partial charge is 0.497 e. The van der Waals surface area contributed by atoms with Gasteiger partial charge in [0.05, 0.1) is 25.7 Å². The summed E-state index contributed by atoms with van der Waals surface area (Å²) in [6.07, 6.45) is 0.860. The summed E-state index contributed by atoms with van der Waals surface area (Å²) in [5.74, 6) is 1.14. The first-order valence-electron chi connectivity index (χ1n) is 11.0.